The molecule has 0 bridgehead atoms. The van der Waals surface area contributed by atoms with Crippen molar-refractivity contribution in [2.24, 2.45) is 0 Å². The van der Waals surface area contributed by atoms with Crippen molar-refractivity contribution >= 4 is 17.6 Å². The summed E-state index contributed by atoms with van der Waals surface area (Å²) in [6.07, 6.45) is 3.04. The second-order valence-corrected chi connectivity index (χ2v) is 5.64. The summed E-state index contributed by atoms with van der Waals surface area (Å²) in [5, 5.41) is 22.5. The Labute approximate surface area is 144 Å². The van der Waals surface area contributed by atoms with Crippen LogP contribution in [-0.4, -0.2) is 27.1 Å². The lowest BCUT2D eigenvalue weighted by molar-refractivity contribution is -0.133. The number of benzene rings is 1. The van der Waals surface area contributed by atoms with E-state index in [2.05, 4.69) is 10.3 Å². The van der Waals surface area contributed by atoms with Gasteiger partial charge in [-0.2, -0.15) is 0 Å². The molecule has 0 amide bonds. The van der Waals surface area contributed by atoms with Crippen LogP contribution in [0.25, 0.3) is 5.70 Å². The SMILES string of the molecule is CC1=C(C(=O)O)C(c2ccncc2)C(C(=O)O)=C(c2ccccc2)N1. The summed E-state index contributed by atoms with van der Waals surface area (Å²) in [7, 11) is 0. The molecule has 2 heterocycles. The van der Waals surface area contributed by atoms with Crippen LogP contribution in [0.3, 0.4) is 0 Å². The predicted molar refractivity (Wildman–Crippen MR) is 91.4 cm³/mol. The smallest absolute Gasteiger partial charge is 0.334 e. The standard InChI is InChI=1S/C19H16N2O4/c1-11-14(18(22)23)15(12-7-9-20-10-8-12)16(19(24)25)17(21-11)13-5-3-2-4-6-13/h2-10,15,21H,1H3,(H,22,23)(H,24,25). The molecule has 1 aliphatic rings. The minimum absolute atomic E-state index is 0.000370. The van der Waals surface area contributed by atoms with Crippen LogP contribution in [0.5, 0.6) is 0 Å². The number of rotatable bonds is 4. The van der Waals surface area contributed by atoms with Gasteiger partial charge in [-0.25, -0.2) is 9.59 Å². The third-order valence-corrected chi connectivity index (χ3v) is 4.13. The molecular weight excluding hydrogens is 320 g/mol. The number of hydrogen-bond acceptors (Lipinski definition) is 4. The second kappa shape index (κ2) is 6.60. The molecule has 1 unspecified atom stereocenters. The molecule has 126 valence electrons. The van der Waals surface area contributed by atoms with E-state index in [9.17, 15) is 19.8 Å². The lowest BCUT2D eigenvalue weighted by Gasteiger charge is -2.30. The zero-order valence-corrected chi connectivity index (χ0v) is 13.4. The van der Waals surface area contributed by atoms with Crippen molar-refractivity contribution in [1.29, 1.82) is 0 Å². The van der Waals surface area contributed by atoms with Crippen molar-refractivity contribution in [2.45, 2.75) is 12.8 Å². The highest BCUT2D eigenvalue weighted by atomic mass is 16.4. The molecule has 0 fully saturated rings. The van der Waals surface area contributed by atoms with E-state index in [1.165, 1.54) is 12.4 Å². The summed E-state index contributed by atoms with van der Waals surface area (Å²) in [5.74, 6) is -3.22. The highest BCUT2D eigenvalue weighted by Gasteiger charge is 2.37. The average Bonchev–Trinajstić information content (AvgIpc) is 2.61. The number of hydrogen-bond donors (Lipinski definition) is 3. The molecular formula is C19H16N2O4. The molecule has 0 saturated heterocycles. The van der Waals surface area contributed by atoms with Gasteiger partial charge < -0.3 is 15.5 Å². The number of carboxylic acids is 2. The molecule has 3 N–H and O–H groups in total. The van der Waals surface area contributed by atoms with Gasteiger partial charge in [0.1, 0.15) is 0 Å². The molecule has 1 aromatic carbocycles. The molecule has 0 spiro atoms. The van der Waals surface area contributed by atoms with Crippen molar-refractivity contribution < 1.29 is 19.8 Å². The lowest BCUT2D eigenvalue weighted by atomic mass is 9.79. The minimum Gasteiger partial charge on any atom is -0.478 e. The molecule has 2 aromatic rings. The summed E-state index contributed by atoms with van der Waals surface area (Å²) in [6, 6.07) is 12.3. The number of carboxylic acid groups (broad SMARTS) is 2. The van der Waals surface area contributed by atoms with Crippen LogP contribution in [0.15, 0.2) is 71.7 Å². The fourth-order valence-corrected chi connectivity index (χ4v) is 3.06. The zero-order chi connectivity index (χ0) is 18.0. The molecule has 6 heteroatoms. The van der Waals surface area contributed by atoms with Gasteiger partial charge >= 0.3 is 11.9 Å². The van der Waals surface area contributed by atoms with E-state index < -0.39 is 17.9 Å². The molecule has 0 saturated carbocycles. The summed E-state index contributed by atoms with van der Waals surface area (Å²) >= 11 is 0. The average molecular weight is 336 g/mol. The Kier molecular flexibility index (Phi) is 4.35. The third kappa shape index (κ3) is 3.01. The van der Waals surface area contributed by atoms with Crippen LogP contribution in [-0.2, 0) is 9.59 Å². The van der Waals surface area contributed by atoms with E-state index in [0.717, 1.165) is 0 Å². The number of aromatic nitrogens is 1. The maximum atomic E-state index is 12.1. The van der Waals surface area contributed by atoms with Crippen LogP contribution in [0, 0.1) is 0 Å². The van der Waals surface area contributed by atoms with Crippen molar-refractivity contribution in [3.63, 3.8) is 0 Å². The Bertz CT molecular complexity index is 886. The quantitative estimate of drug-likeness (QED) is 0.794. The Balaban J connectivity index is 2.29. The van der Waals surface area contributed by atoms with Crippen LogP contribution in [0.4, 0.5) is 0 Å². The second-order valence-electron chi connectivity index (χ2n) is 5.64. The summed E-state index contributed by atoms with van der Waals surface area (Å²) in [5.41, 5.74) is 2.08. The Morgan fingerprint density at radius 1 is 0.960 bits per heavy atom. The first-order valence-electron chi connectivity index (χ1n) is 7.64. The number of nitrogens with one attached hydrogen (secondary N) is 1. The Morgan fingerprint density at radius 2 is 1.56 bits per heavy atom. The van der Waals surface area contributed by atoms with E-state index in [0.29, 0.717) is 22.5 Å². The first-order chi connectivity index (χ1) is 12.0. The molecule has 6 nitrogen and oxygen atoms in total. The van der Waals surface area contributed by atoms with Gasteiger partial charge in [-0.3, -0.25) is 4.98 Å². The first kappa shape index (κ1) is 16.4. The van der Waals surface area contributed by atoms with Gasteiger partial charge in [0, 0.05) is 18.1 Å². The number of dihydropyridines is 1. The summed E-state index contributed by atoms with van der Waals surface area (Å²) in [6.45, 7) is 1.64. The van der Waals surface area contributed by atoms with Crippen molar-refractivity contribution in [3.8, 4) is 0 Å². The number of pyridine rings is 1. The van der Waals surface area contributed by atoms with Crippen molar-refractivity contribution in [2.75, 3.05) is 0 Å². The minimum atomic E-state index is -1.17. The van der Waals surface area contributed by atoms with Gasteiger partial charge in [0.15, 0.2) is 0 Å². The van der Waals surface area contributed by atoms with E-state index >= 15 is 0 Å². The third-order valence-electron chi connectivity index (χ3n) is 4.13. The number of carbonyl (C=O) groups is 2. The van der Waals surface area contributed by atoms with Crippen LogP contribution < -0.4 is 5.32 Å². The maximum absolute atomic E-state index is 12.1. The topological polar surface area (TPSA) is 99.5 Å². The Morgan fingerprint density at radius 3 is 2.12 bits per heavy atom. The van der Waals surface area contributed by atoms with Crippen molar-refractivity contribution in [3.05, 3.63) is 82.8 Å². The molecule has 0 radical (unpaired) electrons. The van der Waals surface area contributed by atoms with Gasteiger partial charge in [0.05, 0.1) is 22.8 Å². The number of aliphatic carboxylic acids is 2. The number of allylic oxidation sites excluding steroid dienone is 1. The summed E-state index contributed by atoms with van der Waals surface area (Å²) < 4.78 is 0. The van der Waals surface area contributed by atoms with Gasteiger partial charge in [-0.15, -0.1) is 0 Å². The van der Waals surface area contributed by atoms with Crippen LogP contribution in [0.2, 0.25) is 0 Å². The predicted octanol–water partition coefficient (Wildman–Crippen LogP) is 2.62. The van der Waals surface area contributed by atoms with E-state index in [1.807, 2.05) is 6.07 Å². The fraction of sp³-hybridized carbons (Fsp3) is 0.105. The van der Waals surface area contributed by atoms with E-state index in [-0.39, 0.29) is 11.1 Å². The van der Waals surface area contributed by atoms with Crippen LogP contribution in [0.1, 0.15) is 24.0 Å². The maximum Gasteiger partial charge on any atom is 0.334 e. The lowest BCUT2D eigenvalue weighted by Crippen LogP contribution is -2.31. The Hall–Kier alpha value is -3.41. The molecule has 25 heavy (non-hydrogen) atoms. The fourth-order valence-electron chi connectivity index (χ4n) is 3.06. The number of nitrogens with zero attached hydrogens (tertiary/aromatic N) is 1. The van der Waals surface area contributed by atoms with E-state index in [4.69, 9.17) is 0 Å². The summed E-state index contributed by atoms with van der Waals surface area (Å²) in [4.78, 5) is 27.8. The van der Waals surface area contributed by atoms with Gasteiger partial charge in [0.2, 0.25) is 0 Å². The van der Waals surface area contributed by atoms with Crippen LogP contribution >= 0.6 is 0 Å². The molecule has 1 atom stereocenters. The largest absolute Gasteiger partial charge is 0.478 e. The molecule has 3 rings (SSSR count). The first-order valence-corrected chi connectivity index (χ1v) is 7.64. The molecule has 1 aliphatic heterocycles. The highest BCUT2D eigenvalue weighted by molar-refractivity contribution is 6.04. The van der Waals surface area contributed by atoms with Gasteiger partial charge in [-0.05, 0) is 30.2 Å². The van der Waals surface area contributed by atoms with Gasteiger partial charge in [-0.1, -0.05) is 30.3 Å². The van der Waals surface area contributed by atoms with Gasteiger partial charge in [0.25, 0.3) is 0 Å². The van der Waals surface area contributed by atoms with Crippen molar-refractivity contribution in [1.82, 2.24) is 10.3 Å². The normalized spacial score (nSPS) is 17.2. The zero-order valence-electron chi connectivity index (χ0n) is 13.4. The van der Waals surface area contributed by atoms with E-state index in [1.54, 1.807) is 43.3 Å². The monoisotopic (exact) mass is 336 g/mol. The molecule has 1 aromatic heterocycles. The molecule has 0 aliphatic carbocycles. The highest BCUT2D eigenvalue weighted by Crippen LogP contribution is 2.40.